The number of hydrogen-bond acceptors (Lipinski definition) is 5. The molecule has 0 radical (unpaired) electrons. The maximum atomic E-state index is 13.9. The fourth-order valence-corrected chi connectivity index (χ4v) is 2.54. The summed E-state index contributed by atoms with van der Waals surface area (Å²) in [5, 5.41) is 4.91. The van der Waals surface area contributed by atoms with Crippen LogP contribution in [0.15, 0.2) is 28.7 Å². The Morgan fingerprint density at radius 2 is 1.59 bits per heavy atom. The molecule has 4 nitrogen and oxygen atoms in total. The number of nitrogen functional groups attached to an aromatic ring is 1. The summed E-state index contributed by atoms with van der Waals surface area (Å²) in [5.41, 5.74) is 2.05. The second kappa shape index (κ2) is 7.35. The number of nitrogens with zero attached hydrogens (tertiary/aromatic N) is 2. The molecule has 0 bridgehead atoms. The highest BCUT2D eigenvalue weighted by Gasteiger charge is 2.74. The molecule has 0 amide bonds. The molecule has 0 spiro atoms. The van der Waals surface area contributed by atoms with Gasteiger partial charge in [-0.15, -0.1) is 11.3 Å². The maximum absolute atomic E-state index is 13.9. The second-order valence-electron chi connectivity index (χ2n) is 5.40. The van der Waals surface area contributed by atoms with E-state index in [1.165, 1.54) is 5.38 Å². The number of aromatic nitrogens is 1. The summed E-state index contributed by atoms with van der Waals surface area (Å²) in [6.07, 6.45) is -11.8. The number of rotatable bonds is 5. The van der Waals surface area contributed by atoms with Gasteiger partial charge in [-0.1, -0.05) is 6.07 Å². The Labute approximate surface area is 159 Å². The largest absolute Gasteiger partial charge is 0.460 e. The number of thiazole rings is 1. The molecule has 29 heavy (non-hydrogen) atoms. The SMILES string of the molecule is Nc1csc(NN=Cc2ccc(C(F)(F)F)c(C(F)(F)C(F)(F)C(F)(F)F)c2)n1. The van der Waals surface area contributed by atoms with E-state index < -0.39 is 40.9 Å². The Kier molecular flexibility index (Phi) is 5.75. The number of hydrogen-bond donors (Lipinski definition) is 2. The summed E-state index contributed by atoms with van der Waals surface area (Å²) < 4.78 is 130. The molecule has 160 valence electrons. The van der Waals surface area contributed by atoms with E-state index >= 15 is 0 Å². The van der Waals surface area contributed by atoms with Crippen molar-refractivity contribution in [1.29, 1.82) is 0 Å². The molecule has 3 N–H and O–H groups in total. The molecular formula is C14H8F10N4S. The summed E-state index contributed by atoms with van der Waals surface area (Å²) in [5.74, 6) is -12.9. The minimum atomic E-state index is -6.80. The van der Waals surface area contributed by atoms with Crippen molar-refractivity contribution in [1.82, 2.24) is 4.98 Å². The van der Waals surface area contributed by atoms with Gasteiger partial charge in [-0.25, -0.2) is 4.98 Å². The van der Waals surface area contributed by atoms with Crippen molar-refractivity contribution < 1.29 is 43.9 Å². The van der Waals surface area contributed by atoms with E-state index in [9.17, 15) is 43.9 Å². The van der Waals surface area contributed by atoms with Gasteiger partial charge in [0, 0.05) is 10.9 Å². The smallest absolute Gasteiger partial charge is 0.383 e. The van der Waals surface area contributed by atoms with Crippen molar-refractivity contribution in [2.24, 2.45) is 5.10 Å². The summed E-state index contributed by atoms with van der Waals surface area (Å²) in [6, 6.07) is 0.373. The molecule has 0 aliphatic rings. The lowest BCUT2D eigenvalue weighted by atomic mass is 9.94. The predicted octanol–water partition coefficient (Wildman–Crippen LogP) is 5.48. The first-order valence-electron chi connectivity index (χ1n) is 7.11. The highest BCUT2D eigenvalue weighted by molar-refractivity contribution is 7.14. The first-order valence-corrected chi connectivity index (χ1v) is 7.99. The molecule has 0 saturated heterocycles. The van der Waals surface area contributed by atoms with Crippen LogP contribution in [-0.2, 0) is 12.1 Å². The van der Waals surface area contributed by atoms with Crippen molar-refractivity contribution in [3.05, 3.63) is 40.3 Å². The van der Waals surface area contributed by atoms with E-state index in [0.717, 1.165) is 11.3 Å². The average molecular weight is 454 g/mol. The van der Waals surface area contributed by atoms with Crippen LogP contribution < -0.4 is 11.2 Å². The van der Waals surface area contributed by atoms with E-state index in [0.29, 0.717) is 12.3 Å². The molecule has 1 aromatic carbocycles. The molecular weight excluding hydrogens is 446 g/mol. The molecule has 0 atom stereocenters. The minimum Gasteiger partial charge on any atom is -0.383 e. The predicted molar refractivity (Wildman–Crippen MR) is 84.1 cm³/mol. The van der Waals surface area contributed by atoms with Crippen molar-refractivity contribution in [2.45, 2.75) is 24.2 Å². The topological polar surface area (TPSA) is 63.3 Å². The molecule has 0 aliphatic carbocycles. The van der Waals surface area contributed by atoms with Gasteiger partial charge in [0.05, 0.1) is 11.8 Å². The zero-order chi connectivity index (χ0) is 22.3. The number of benzene rings is 1. The van der Waals surface area contributed by atoms with Gasteiger partial charge in [-0.3, -0.25) is 5.43 Å². The molecule has 0 unspecified atom stereocenters. The van der Waals surface area contributed by atoms with Crippen LogP contribution in [-0.4, -0.2) is 23.3 Å². The Balaban J connectivity index is 2.49. The van der Waals surface area contributed by atoms with Crippen LogP contribution in [0.1, 0.15) is 16.7 Å². The number of anilines is 2. The van der Waals surface area contributed by atoms with E-state index in [-0.39, 0.29) is 23.1 Å². The van der Waals surface area contributed by atoms with Crippen molar-refractivity contribution in [3.8, 4) is 0 Å². The van der Waals surface area contributed by atoms with Gasteiger partial charge < -0.3 is 5.73 Å². The molecule has 0 saturated carbocycles. The fourth-order valence-electron chi connectivity index (χ4n) is 2.00. The lowest BCUT2D eigenvalue weighted by Gasteiger charge is -2.30. The van der Waals surface area contributed by atoms with Gasteiger partial charge in [0.25, 0.3) is 0 Å². The molecule has 0 aliphatic heterocycles. The fraction of sp³-hybridized carbons (Fsp3) is 0.286. The van der Waals surface area contributed by atoms with Crippen LogP contribution in [0, 0.1) is 0 Å². The quantitative estimate of drug-likeness (QED) is 0.357. The maximum Gasteiger partial charge on any atom is 0.460 e. The third-order valence-corrected chi connectivity index (χ3v) is 4.10. The van der Waals surface area contributed by atoms with Gasteiger partial charge in [-0.2, -0.15) is 49.0 Å². The lowest BCUT2D eigenvalue weighted by Crippen LogP contribution is -2.50. The summed E-state index contributed by atoms with van der Waals surface area (Å²) in [6.45, 7) is 0. The van der Waals surface area contributed by atoms with Crippen LogP contribution in [0.5, 0.6) is 0 Å². The van der Waals surface area contributed by atoms with Crippen LogP contribution in [0.25, 0.3) is 0 Å². The third kappa shape index (κ3) is 4.54. The molecule has 0 fully saturated rings. The first kappa shape index (κ1) is 22.7. The zero-order valence-electron chi connectivity index (χ0n) is 13.5. The Bertz CT molecular complexity index is 901. The van der Waals surface area contributed by atoms with Gasteiger partial charge >= 0.3 is 24.2 Å². The van der Waals surface area contributed by atoms with Crippen LogP contribution >= 0.6 is 11.3 Å². The van der Waals surface area contributed by atoms with Crippen molar-refractivity contribution in [3.63, 3.8) is 0 Å². The van der Waals surface area contributed by atoms with Crippen LogP contribution in [0.4, 0.5) is 54.9 Å². The Morgan fingerprint density at radius 3 is 2.07 bits per heavy atom. The van der Waals surface area contributed by atoms with Crippen molar-refractivity contribution >= 4 is 28.5 Å². The highest BCUT2D eigenvalue weighted by Crippen LogP contribution is 2.54. The molecule has 2 rings (SSSR count). The van der Waals surface area contributed by atoms with E-state index in [4.69, 9.17) is 5.73 Å². The summed E-state index contributed by atoms with van der Waals surface area (Å²) >= 11 is 0.950. The zero-order valence-corrected chi connectivity index (χ0v) is 14.4. The van der Waals surface area contributed by atoms with E-state index in [2.05, 4.69) is 15.5 Å². The lowest BCUT2D eigenvalue weighted by molar-refractivity contribution is -0.360. The number of nitrogens with one attached hydrogen (secondary N) is 1. The number of hydrazone groups is 1. The van der Waals surface area contributed by atoms with Crippen LogP contribution in [0.3, 0.4) is 0 Å². The number of nitrogens with two attached hydrogens (primary N) is 1. The Morgan fingerprint density at radius 1 is 0.966 bits per heavy atom. The van der Waals surface area contributed by atoms with Crippen molar-refractivity contribution in [2.75, 3.05) is 11.2 Å². The van der Waals surface area contributed by atoms with Gasteiger partial charge in [0.15, 0.2) is 0 Å². The molecule has 2 aromatic rings. The minimum absolute atomic E-state index is 0.0432. The van der Waals surface area contributed by atoms with E-state index in [1.807, 2.05) is 0 Å². The molecule has 15 heteroatoms. The second-order valence-corrected chi connectivity index (χ2v) is 6.25. The van der Waals surface area contributed by atoms with E-state index in [1.54, 1.807) is 0 Å². The van der Waals surface area contributed by atoms with Gasteiger partial charge in [0.2, 0.25) is 5.13 Å². The normalized spacial score (nSPS) is 13.9. The van der Waals surface area contributed by atoms with Gasteiger partial charge in [0.1, 0.15) is 5.82 Å². The third-order valence-electron chi connectivity index (χ3n) is 3.33. The molecule has 1 aromatic heterocycles. The van der Waals surface area contributed by atoms with Gasteiger partial charge in [-0.05, 0) is 17.7 Å². The standard InChI is InChI=1S/C14H8F10N4S/c15-11(16,13(20,21)14(22,23)24)8-3-6(1-2-7(8)12(17,18)19)4-26-28-10-27-9(25)5-29-10/h1-5H,25H2,(H,27,28). The average Bonchev–Trinajstić information content (AvgIpc) is 2.98. The Hall–Kier alpha value is -2.58. The monoisotopic (exact) mass is 454 g/mol. The molecule has 1 heterocycles. The number of alkyl halides is 10. The summed E-state index contributed by atoms with van der Waals surface area (Å²) in [7, 11) is 0. The number of halogens is 10. The highest BCUT2D eigenvalue weighted by atomic mass is 32.1. The first-order chi connectivity index (χ1) is 13.1. The van der Waals surface area contributed by atoms with Crippen LogP contribution in [0.2, 0.25) is 0 Å². The summed E-state index contributed by atoms with van der Waals surface area (Å²) in [4.78, 5) is 3.68.